The fourth-order valence-electron chi connectivity index (χ4n) is 2.72. The van der Waals surface area contributed by atoms with Crippen molar-refractivity contribution in [3.8, 4) is 11.3 Å². The largest absolute Gasteiger partial charge is 0.450 e. The Hall–Kier alpha value is -3.67. The zero-order valence-electron chi connectivity index (χ0n) is 16.0. The molecule has 0 aliphatic heterocycles. The minimum absolute atomic E-state index is 0.00716. The Morgan fingerprint density at radius 2 is 1.66 bits per heavy atom. The molecule has 0 unspecified atom stereocenters. The van der Waals surface area contributed by atoms with Crippen LogP contribution in [0.15, 0.2) is 71.1 Å². The quantitative estimate of drug-likeness (QED) is 0.468. The number of ether oxygens (including phenoxy) is 1. The SMILES string of the molecule is CC(=O)c1ccc(-c2ccc(C(=O)OCC(=O)NCCc3ccccc3)o2)cc1. The van der Waals surface area contributed by atoms with Crippen molar-refractivity contribution >= 4 is 17.7 Å². The van der Waals surface area contributed by atoms with Crippen molar-refractivity contribution in [2.24, 2.45) is 0 Å². The molecule has 0 atom stereocenters. The molecule has 0 fully saturated rings. The molecule has 2 aromatic carbocycles. The number of amides is 1. The average molecular weight is 391 g/mol. The molecular weight excluding hydrogens is 370 g/mol. The summed E-state index contributed by atoms with van der Waals surface area (Å²) < 4.78 is 10.5. The summed E-state index contributed by atoms with van der Waals surface area (Å²) in [7, 11) is 0. The van der Waals surface area contributed by atoms with E-state index in [-0.39, 0.29) is 24.1 Å². The molecule has 0 spiro atoms. The molecule has 0 saturated heterocycles. The third-order valence-corrected chi connectivity index (χ3v) is 4.30. The first-order valence-electron chi connectivity index (χ1n) is 9.22. The van der Waals surface area contributed by atoms with E-state index in [9.17, 15) is 14.4 Å². The predicted molar refractivity (Wildman–Crippen MR) is 108 cm³/mol. The van der Waals surface area contributed by atoms with Gasteiger partial charge in [0, 0.05) is 17.7 Å². The van der Waals surface area contributed by atoms with Crippen LogP contribution in [0, 0.1) is 0 Å². The number of furan rings is 1. The molecule has 0 bridgehead atoms. The summed E-state index contributed by atoms with van der Waals surface area (Å²) in [6.07, 6.45) is 0.699. The highest BCUT2D eigenvalue weighted by molar-refractivity contribution is 5.94. The van der Waals surface area contributed by atoms with Crippen LogP contribution in [-0.2, 0) is 16.0 Å². The van der Waals surface area contributed by atoms with Crippen LogP contribution in [0.1, 0.15) is 33.4 Å². The van der Waals surface area contributed by atoms with Crippen LogP contribution in [0.2, 0.25) is 0 Å². The summed E-state index contributed by atoms with van der Waals surface area (Å²) >= 11 is 0. The molecule has 3 rings (SSSR count). The Balaban J connectivity index is 1.47. The number of carbonyl (C=O) groups is 3. The second kappa shape index (κ2) is 9.50. The van der Waals surface area contributed by atoms with Crippen LogP contribution in [0.25, 0.3) is 11.3 Å². The molecule has 6 nitrogen and oxygen atoms in total. The molecule has 1 heterocycles. The van der Waals surface area contributed by atoms with E-state index in [4.69, 9.17) is 9.15 Å². The number of nitrogens with one attached hydrogen (secondary N) is 1. The van der Waals surface area contributed by atoms with Crippen molar-refractivity contribution in [1.29, 1.82) is 0 Å². The Morgan fingerprint density at radius 1 is 0.931 bits per heavy atom. The van der Waals surface area contributed by atoms with Crippen LogP contribution in [0.5, 0.6) is 0 Å². The van der Waals surface area contributed by atoms with Gasteiger partial charge in [-0.3, -0.25) is 9.59 Å². The Labute approximate surface area is 168 Å². The van der Waals surface area contributed by atoms with E-state index >= 15 is 0 Å². The van der Waals surface area contributed by atoms with Gasteiger partial charge in [0.05, 0.1) is 0 Å². The molecule has 0 aliphatic rings. The van der Waals surface area contributed by atoms with Crippen LogP contribution in [-0.4, -0.2) is 30.8 Å². The van der Waals surface area contributed by atoms with Crippen molar-refractivity contribution in [2.45, 2.75) is 13.3 Å². The molecule has 3 aromatic rings. The maximum atomic E-state index is 12.1. The van der Waals surface area contributed by atoms with E-state index in [1.165, 1.54) is 13.0 Å². The minimum atomic E-state index is -0.713. The topological polar surface area (TPSA) is 85.6 Å². The fraction of sp³-hybridized carbons (Fsp3) is 0.174. The van der Waals surface area contributed by atoms with Gasteiger partial charge in [-0.15, -0.1) is 0 Å². The standard InChI is InChI=1S/C23H21NO5/c1-16(25)18-7-9-19(10-8-18)20-11-12-21(29-20)23(27)28-15-22(26)24-14-13-17-5-3-2-4-6-17/h2-12H,13-15H2,1H3,(H,24,26). The van der Waals surface area contributed by atoms with Crippen molar-refractivity contribution in [3.63, 3.8) is 0 Å². The Kier molecular flexibility index (Phi) is 6.58. The van der Waals surface area contributed by atoms with Crippen molar-refractivity contribution in [2.75, 3.05) is 13.2 Å². The van der Waals surface area contributed by atoms with Gasteiger partial charge >= 0.3 is 5.97 Å². The Morgan fingerprint density at radius 3 is 2.34 bits per heavy atom. The number of esters is 1. The van der Waals surface area contributed by atoms with E-state index in [0.29, 0.717) is 24.3 Å². The highest BCUT2D eigenvalue weighted by atomic mass is 16.5. The van der Waals surface area contributed by atoms with E-state index < -0.39 is 5.97 Å². The van der Waals surface area contributed by atoms with Gasteiger partial charge in [-0.25, -0.2) is 4.79 Å². The Bertz CT molecular complexity index is 990. The monoisotopic (exact) mass is 391 g/mol. The summed E-state index contributed by atoms with van der Waals surface area (Å²) in [4.78, 5) is 35.3. The third-order valence-electron chi connectivity index (χ3n) is 4.30. The lowest BCUT2D eigenvalue weighted by Gasteiger charge is -2.06. The second-order valence-electron chi connectivity index (χ2n) is 6.46. The zero-order chi connectivity index (χ0) is 20.6. The van der Waals surface area contributed by atoms with Gasteiger partial charge in [-0.2, -0.15) is 0 Å². The predicted octanol–water partition coefficient (Wildman–Crippen LogP) is 3.66. The molecule has 1 N–H and O–H groups in total. The molecule has 29 heavy (non-hydrogen) atoms. The number of ketones is 1. The summed E-state index contributed by atoms with van der Waals surface area (Å²) in [6.45, 7) is 1.58. The van der Waals surface area contributed by atoms with Crippen LogP contribution < -0.4 is 5.32 Å². The van der Waals surface area contributed by atoms with Gasteiger partial charge in [0.25, 0.3) is 5.91 Å². The van der Waals surface area contributed by atoms with Crippen LogP contribution in [0.4, 0.5) is 0 Å². The zero-order valence-corrected chi connectivity index (χ0v) is 16.0. The molecule has 1 amide bonds. The molecule has 0 saturated carbocycles. The molecule has 148 valence electrons. The van der Waals surface area contributed by atoms with E-state index in [0.717, 1.165) is 11.1 Å². The van der Waals surface area contributed by atoms with Gasteiger partial charge in [0.2, 0.25) is 5.76 Å². The first-order chi connectivity index (χ1) is 14.0. The normalized spacial score (nSPS) is 10.4. The van der Waals surface area contributed by atoms with Gasteiger partial charge in [0.15, 0.2) is 12.4 Å². The van der Waals surface area contributed by atoms with Gasteiger partial charge in [-0.05, 0) is 31.0 Å². The number of Topliss-reactive ketones (excluding diaryl/α,β-unsaturated/α-hetero) is 1. The fourth-order valence-corrected chi connectivity index (χ4v) is 2.72. The summed E-state index contributed by atoms with van der Waals surface area (Å²) in [5, 5.41) is 2.71. The third kappa shape index (κ3) is 5.65. The van der Waals surface area contributed by atoms with E-state index in [2.05, 4.69) is 5.32 Å². The molecule has 6 heteroatoms. The van der Waals surface area contributed by atoms with E-state index in [1.807, 2.05) is 30.3 Å². The molecule has 0 radical (unpaired) electrons. The summed E-state index contributed by atoms with van der Waals surface area (Å²) in [6, 6.07) is 19.8. The first kappa shape index (κ1) is 20.1. The van der Waals surface area contributed by atoms with Crippen molar-refractivity contribution in [1.82, 2.24) is 5.32 Å². The van der Waals surface area contributed by atoms with Crippen molar-refractivity contribution < 1.29 is 23.5 Å². The average Bonchev–Trinajstić information content (AvgIpc) is 3.23. The number of benzene rings is 2. The molecular formula is C23H21NO5. The van der Waals surface area contributed by atoms with Gasteiger partial charge < -0.3 is 14.5 Å². The maximum absolute atomic E-state index is 12.1. The lowest BCUT2D eigenvalue weighted by Crippen LogP contribution is -2.30. The van der Waals surface area contributed by atoms with Crippen LogP contribution in [0.3, 0.4) is 0 Å². The van der Waals surface area contributed by atoms with E-state index in [1.54, 1.807) is 30.3 Å². The number of carbonyl (C=O) groups excluding carboxylic acids is 3. The highest BCUT2D eigenvalue weighted by Crippen LogP contribution is 2.23. The summed E-state index contributed by atoms with van der Waals surface area (Å²) in [5.41, 5.74) is 2.44. The van der Waals surface area contributed by atoms with Gasteiger partial charge in [0.1, 0.15) is 5.76 Å². The van der Waals surface area contributed by atoms with Gasteiger partial charge in [-0.1, -0.05) is 54.6 Å². The second-order valence-corrected chi connectivity index (χ2v) is 6.46. The first-order valence-corrected chi connectivity index (χ1v) is 9.22. The lowest BCUT2D eigenvalue weighted by atomic mass is 10.1. The number of rotatable bonds is 8. The lowest BCUT2D eigenvalue weighted by molar-refractivity contribution is -0.124. The van der Waals surface area contributed by atoms with Crippen LogP contribution >= 0.6 is 0 Å². The molecule has 1 aromatic heterocycles. The smallest absolute Gasteiger partial charge is 0.374 e. The minimum Gasteiger partial charge on any atom is -0.450 e. The number of hydrogen-bond donors (Lipinski definition) is 1. The van der Waals surface area contributed by atoms with Crippen molar-refractivity contribution in [3.05, 3.63) is 83.6 Å². The number of hydrogen-bond acceptors (Lipinski definition) is 5. The highest BCUT2D eigenvalue weighted by Gasteiger charge is 2.15. The maximum Gasteiger partial charge on any atom is 0.374 e. The summed E-state index contributed by atoms with van der Waals surface area (Å²) in [5.74, 6) is -0.634. The molecule has 0 aliphatic carbocycles.